The number of aryl methyl sites for hydroxylation is 2. The van der Waals surface area contributed by atoms with Crippen molar-refractivity contribution in [1.82, 2.24) is 20.2 Å². The van der Waals surface area contributed by atoms with Crippen molar-refractivity contribution in [1.29, 1.82) is 0 Å². The average Bonchev–Trinajstić information content (AvgIpc) is 3.14. The molecule has 3 fully saturated rings. The van der Waals surface area contributed by atoms with Crippen molar-refractivity contribution in [2.24, 2.45) is 5.92 Å². The summed E-state index contributed by atoms with van der Waals surface area (Å²) in [6.45, 7) is 5.50. The first-order chi connectivity index (χ1) is 14.0. The van der Waals surface area contributed by atoms with E-state index in [-0.39, 0.29) is 17.7 Å². The minimum Gasteiger partial charge on any atom is -0.353 e. The third-order valence-electron chi connectivity index (χ3n) is 7.07. The predicted molar refractivity (Wildman–Crippen MR) is 112 cm³/mol. The molecule has 0 unspecified atom stereocenters. The van der Waals surface area contributed by atoms with Gasteiger partial charge in [0, 0.05) is 47.9 Å². The maximum atomic E-state index is 12.5. The fraction of sp³-hybridized carbons (Fsp3) is 0.739. The highest BCUT2D eigenvalue weighted by Crippen LogP contribution is 2.32. The number of hydrogen-bond donors (Lipinski definition) is 1. The minimum absolute atomic E-state index is 0.0811. The Bertz CT molecular complexity index is 745. The zero-order valence-electron chi connectivity index (χ0n) is 17.9. The summed E-state index contributed by atoms with van der Waals surface area (Å²) in [6.07, 6.45) is 10.5. The second kappa shape index (κ2) is 8.80. The van der Waals surface area contributed by atoms with E-state index in [1.54, 1.807) is 0 Å². The Labute approximate surface area is 173 Å². The Hall–Kier alpha value is -1.98. The number of likely N-dealkylation sites (tertiary alicyclic amines) is 1. The summed E-state index contributed by atoms with van der Waals surface area (Å²) < 4.78 is 0. The molecule has 0 spiro atoms. The van der Waals surface area contributed by atoms with Crippen LogP contribution in [0, 0.1) is 19.8 Å². The molecule has 6 heteroatoms. The van der Waals surface area contributed by atoms with Gasteiger partial charge in [0.05, 0.1) is 6.42 Å². The SMILES string of the molecule is Cc1nc([C@@H]2CCN(C(=O)C3CCC3)C2)nc(C)c1CC(=O)NC1CCCCC1. The van der Waals surface area contributed by atoms with Crippen molar-refractivity contribution < 1.29 is 9.59 Å². The van der Waals surface area contributed by atoms with Crippen LogP contribution in [0.3, 0.4) is 0 Å². The highest BCUT2D eigenvalue weighted by Gasteiger charge is 2.35. The lowest BCUT2D eigenvalue weighted by molar-refractivity contribution is -0.137. The topological polar surface area (TPSA) is 75.2 Å². The maximum absolute atomic E-state index is 12.5. The maximum Gasteiger partial charge on any atom is 0.225 e. The van der Waals surface area contributed by atoms with Gasteiger partial charge in [0.15, 0.2) is 0 Å². The molecule has 29 heavy (non-hydrogen) atoms. The normalized spacial score (nSPS) is 23.1. The van der Waals surface area contributed by atoms with Crippen LogP contribution in [0.2, 0.25) is 0 Å². The lowest BCUT2D eigenvalue weighted by atomic mass is 9.84. The Balaban J connectivity index is 1.38. The van der Waals surface area contributed by atoms with E-state index in [0.717, 1.165) is 68.0 Å². The molecule has 0 bridgehead atoms. The molecule has 1 atom stereocenters. The molecule has 2 heterocycles. The fourth-order valence-corrected chi connectivity index (χ4v) is 4.97. The Kier molecular flexibility index (Phi) is 6.16. The van der Waals surface area contributed by atoms with Gasteiger partial charge in [-0.1, -0.05) is 25.7 Å². The summed E-state index contributed by atoms with van der Waals surface area (Å²) in [6, 6.07) is 0.328. The van der Waals surface area contributed by atoms with Crippen LogP contribution in [0.1, 0.15) is 86.5 Å². The van der Waals surface area contributed by atoms with E-state index < -0.39 is 0 Å². The van der Waals surface area contributed by atoms with E-state index in [9.17, 15) is 9.59 Å². The molecule has 2 saturated carbocycles. The fourth-order valence-electron chi connectivity index (χ4n) is 4.97. The summed E-state index contributed by atoms with van der Waals surface area (Å²) in [4.78, 5) is 36.6. The van der Waals surface area contributed by atoms with Gasteiger partial charge in [-0.2, -0.15) is 0 Å². The number of nitrogens with zero attached hydrogens (tertiary/aromatic N) is 3. The second-order valence-corrected chi connectivity index (χ2v) is 9.21. The van der Waals surface area contributed by atoms with E-state index in [1.165, 1.54) is 25.7 Å². The molecule has 0 radical (unpaired) electrons. The van der Waals surface area contributed by atoms with Crippen LogP contribution in [0.5, 0.6) is 0 Å². The van der Waals surface area contributed by atoms with Gasteiger partial charge in [0.25, 0.3) is 0 Å². The largest absolute Gasteiger partial charge is 0.353 e. The number of carbonyl (C=O) groups is 2. The summed E-state index contributed by atoms with van der Waals surface area (Å²) in [5, 5.41) is 3.19. The first-order valence-electron chi connectivity index (χ1n) is 11.4. The predicted octanol–water partition coefficient (Wildman–Crippen LogP) is 3.20. The molecule has 1 saturated heterocycles. The molecule has 158 valence electrons. The van der Waals surface area contributed by atoms with Gasteiger partial charge >= 0.3 is 0 Å². The molecule has 1 aromatic rings. The summed E-state index contributed by atoms with van der Waals surface area (Å²) in [7, 11) is 0. The van der Waals surface area contributed by atoms with Crippen LogP contribution in [0.4, 0.5) is 0 Å². The van der Waals surface area contributed by atoms with Gasteiger partial charge < -0.3 is 10.2 Å². The van der Waals surface area contributed by atoms with Crippen molar-refractivity contribution in [3.05, 3.63) is 22.8 Å². The zero-order valence-corrected chi connectivity index (χ0v) is 17.9. The van der Waals surface area contributed by atoms with Gasteiger partial charge in [-0.25, -0.2) is 9.97 Å². The molecule has 3 aliphatic rings. The summed E-state index contributed by atoms with van der Waals surface area (Å²) in [5.74, 6) is 1.70. The third-order valence-corrected chi connectivity index (χ3v) is 7.07. The minimum atomic E-state index is 0.0811. The number of rotatable bonds is 5. The van der Waals surface area contributed by atoms with Crippen LogP contribution in [0.15, 0.2) is 0 Å². The van der Waals surface area contributed by atoms with E-state index in [1.807, 2.05) is 18.7 Å². The van der Waals surface area contributed by atoms with E-state index in [2.05, 4.69) is 5.32 Å². The van der Waals surface area contributed by atoms with Gasteiger partial charge in [-0.3, -0.25) is 9.59 Å². The van der Waals surface area contributed by atoms with Crippen LogP contribution < -0.4 is 5.32 Å². The molecular formula is C23H34N4O2. The number of carbonyl (C=O) groups excluding carboxylic acids is 2. The standard InChI is InChI=1S/C23H34N4O2/c1-15-20(13-21(28)26-19-9-4-3-5-10-19)16(2)25-22(24-15)18-11-12-27(14-18)23(29)17-7-6-8-17/h17-19H,3-14H2,1-2H3,(H,26,28)/t18-/m1/s1. The lowest BCUT2D eigenvalue weighted by Gasteiger charge is -2.29. The number of aromatic nitrogens is 2. The molecule has 2 aliphatic carbocycles. The summed E-state index contributed by atoms with van der Waals surface area (Å²) >= 11 is 0. The van der Waals surface area contributed by atoms with Crippen LogP contribution in [-0.2, 0) is 16.0 Å². The number of hydrogen-bond acceptors (Lipinski definition) is 4. The number of amides is 2. The van der Waals surface area contributed by atoms with Crippen molar-refractivity contribution in [3.63, 3.8) is 0 Å². The van der Waals surface area contributed by atoms with Gasteiger partial charge in [-0.15, -0.1) is 0 Å². The molecule has 1 N–H and O–H groups in total. The lowest BCUT2D eigenvalue weighted by Crippen LogP contribution is -2.37. The Morgan fingerprint density at radius 3 is 2.28 bits per heavy atom. The first kappa shape index (κ1) is 20.3. The van der Waals surface area contributed by atoms with E-state index in [4.69, 9.17) is 9.97 Å². The van der Waals surface area contributed by atoms with Gasteiger partial charge in [-0.05, 0) is 46.0 Å². The monoisotopic (exact) mass is 398 g/mol. The first-order valence-corrected chi connectivity index (χ1v) is 11.4. The van der Waals surface area contributed by atoms with Crippen LogP contribution >= 0.6 is 0 Å². The summed E-state index contributed by atoms with van der Waals surface area (Å²) in [5.41, 5.74) is 2.74. The Morgan fingerprint density at radius 1 is 0.966 bits per heavy atom. The zero-order chi connectivity index (χ0) is 20.4. The highest BCUT2D eigenvalue weighted by atomic mass is 16.2. The second-order valence-electron chi connectivity index (χ2n) is 9.21. The molecule has 0 aromatic carbocycles. The van der Waals surface area contributed by atoms with Gasteiger partial charge in [0.1, 0.15) is 5.82 Å². The van der Waals surface area contributed by atoms with Crippen LogP contribution in [-0.4, -0.2) is 45.8 Å². The molecule has 4 rings (SSSR count). The van der Waals surface area contributed by atoms with Crippen molar-refractivity contribution >= 4 is 11.8 Å². The molecular weight excluding hydrogens is 364 g/mol. The smallest absolute Gasteiger partial charge is 0.225 e. The van der Waals surface area contributed by atoms with E-state index >= 15 is 0 Å². The molecule has 6 nitrogen and oxygen atoms in total. The van der Waals surface area contributed by atoms with Crippen molar-refractivity contribution in [2.45, 2.75) is 90.0 Å². The van der Waals surface area contributed by atoms with Crippen molar-refractivity contribution in [3.8, 4) is 0 Å². The quantitative estimate of drug-likeness (QED) is 0.826. The Morgan fingerprint density at radius 2 is 1.66 bits per heavy atom. The van der Waals surface area contributed by atoms with Crippen molar-refractivity contribution in [2.75, 3.05) is 13.1 Å². The third kappa shape index (κ3) is 4.62. The van der Waals surface area contributed by atoms with Gasteiger partial charge in [0.2, 0.25) is 11.8 Å². The molecule has 2 amide bonds. The van der Waals surface area contributed by atoms with E-state index in [0.29, 0.717) is 18.4 Å². The highest BCUT2D eigenvalue weighted by molar-refractivity contribution is 5.80. The molecule has 1 aromatic heterocycles. The molecule has 1 aliphatic heterocycles. The average molecular weight is 399 g/mol. The van der Waals surface area contributed by atoms with Crippen LogP contribution in [0.25, 0.3) is 0 Å². The number of nitrogens with one attached hydrogen (secondary N) is 1.